The molecule has 0 spiro atoms. The number of nitrogens with zero attached hydrogens (tertiary/aromatic N) is 2. The minimum absolute atomic E-state index is 0.132. The van der Waals surface area contributed by atoms with Crippen molar-refractivity contribution in [3.63, 3.8) is 0 Å². The lowest BCUT2D eigenvalue weighted by molar-refractivity contribution is 0.584. The third kappa shape index (κ3) is 3.17. The monoisotopic (exact) mass is 293 g/mol. The lowest BCUT2D eigenvalue weighted by Crippen LogP contribution is -2.10. The highest BCUT2D eigenvalue weighted by Crippen LogP contribution is 2.26. The molecule has 0 aliphatic rings. The minimum atomic E-state index is 0.132. The number of hydrogen-bond donors (Lipinski definition) is 1. The molecule has 0 amide bonds. The molecule has 1 N–H and O–H groups in total. The second kappa shape index (κ2) is 5.64. The molecule has 0 aliphatic heterocycles. The van der Waals surface area contributed by atoms with Crippen LogP contribution in [0.5, 0.6) is 0 Å². The average Bonchev–Trinajstić information content (AvgIpc) is 2.96. The molecular weight excluding hydrogens is 274 g/mol. The largest absolute Gasteiger partial charge is 0.403 e. The summed E-state index contributed by atoms with van der Waals surface area (Å²) < 4.78 is 5.67. The highest BCUT2D eigenvalue weighted by molar-refractivity contribution is 5.56. The molecule has 0 fully saturated rings. The standard InChI is InChI=1S/C18H19N3O/c1-18(2,3)14-11-9-13(10-12-14)16-20-21-17(22-16)19-15-7-5-4-6-8-15/h4-12H,1-3H3,(H,19,21). The minimum Gasteiger partial charge on any atom is -0.403 e. The zero-order valence-electron chi connectivity index (χ0n) is 13.0. The van der Waals surface area contributed by atoms with E-state index in [1.54, 1.807) is 0 Å². The Bertz CT molecular complexity index is 740. The van der Waals surface area contributed by atoms with Gasteiger partial charge in [0, 0.05) is 11.3 Å². The molecule has 3 rings (SSSR count). The van der Waals surface area contributed by atoms with Crippen molar-refractivity contribution < 1.29 is 4.42 Å². The summed E-state index contributed by atoms with van der Waals surface area (Å²) in [5.74, 6) is 0.513. The van der Waals surface area contributed by atoms with Crippen molar-refractivity contribution in [1.29, 1.82) is 0 Å². The maximum Gasteiger partial charge on any atom is 0.320 e. The molecule has 1 heterocycles. The first-order valence-corrected chi connectivity index (χ1v) is 7.29. The number of anilines is 2. The third-order valence-corrected chi connectivity index (χ3v) is 3.45. The number of para-hydroxylation sites is 1. The summed E-state index contributed by atoms with van der Waals surface area (Å²) in [6.45, 7) is 6.57. The van der Waals surface area contributed by atoms with Crippen LogP contribution in [-0.2, 0) is 5.41 Å². The number of rotatable bonds is 3. The van der Waals surface area contributed by atoms with Crippen LogP contribution in [0.1, 0.15) is 26.3 Å². The van der Waals surface area contributed by atoms with E-state index in [4.69, 9.17) is 4.42 Å². The normalized spacial score (nSPS) is 11.4. The summed E-state index contributed by atoms with van der Waals surface area (Å²) in [6.07, 6.45) is 0. The third-order valence-electron chi connectivity index (χ3n) is 3.45. The van der Waals surface area contributed by atoms with Crippen LogP contribution < -0.4 is 5.32 Å². The highest BCUT2D eigenvalue weighted by atomic mass is 16.4. The van der Waals surface area contributed by atoms with E-state index in [2.05, 4.69) is 48.4 Å². The fourth-order valence-corrected chi connectivity index (χ4v) is 2.15. The van der Waals surface area contributed by atoms with Crippen LogP contribution in [0.3, 0.4) is 0 Å². The summed E-state index contributed by atoms with van der Waals surface area (Å²) in [5, 5.41) is 11.2. The molecule has 22 heavy (non-hydrogen) atoms. The zero-order valence-corrected chi connectivity index (χ0v) is 13.0. The fraction of sp³-hybridized carbons (Fsp3) is 0.222. The fourth-order valence-electron chi connectivity index (χ4n) is 2.15. The topological polar surface area (TPSA) is 51.0 Å². The Morgan fingerprint density at radius 2 is 1.55 bits per heavy atom. The van der Waals surface area contributed by atoms with Crippen LogP contribution >= 0.6 is 0 Å². The summed E-state index contributed by atoms with van der Waals surface area (Å²) >= 11 is 0. The predicted octanol–water partition coefficient (Wildman–Crippen LogP) is 4.78. The summed E-state index contributed by atoms with van der Waals surface area (Å²) in [7, 11) is 0. The van der Waals surface area contributed by atoms with Gasteiger partial charge in [-0.15, -0.1) is 5.10 Å². The molecular formula is C18H19N3O. The molecule has 0 bridgehead atoms. The Morgan fingerprint density at radius 3 is 2.18 bits per heavy atom. The van der Waals surface area contributed by atoms with Crippen LogP contribution in [0, 0.1) is 0 Å². The van der Waals surface area contributed by atoms with Crippen LogP contribution in [0.15, 0.2) is 59.0 Å². The molecule has 3 aromatic rings. The van der Waals surface area contributed by atoms with Crippen molar-refractivity contribution in [3.8, 4) is 11.5 Å². The van der Waals surface area contributed by atoms with Gasteiger partial charge >= 0.3 is 6.01 Å². The lowest BCUT2D eigenvalue weighted by atomic mass is 9.87. The first kappa shape index (κ1) is 14.3. The van der Waals surface area contributed by atoms with Crippen LogP contribution in [0.2, 0.25) is 0 Å². The summed E-state index contributed by atoms with van der Waals surface area (Å²) in [5.41, 5.74) is 3.24. The average molecular weight is 293 g/mol. The van der Waals surface area contributed by atoms with Gasteiger partial charge in [-0.05, 0) is 35.2 Å². The molecule has 2 aromatic carbocycles. The molecule has 0 unspecified atom stereocenters. The van der Waals surface area contributed by atoms with Crippen molar-refractivity contribution >= 4 is 11.7 Å². The van der Waals surface area contributed by atoms with E-state index >= 15 is 0 Å². The quantitative estimate of drug-likeness (QED) is 0.755. The molecule has 112 valence electrons. The Labute approximate surface area is 130 Å². The summed E-state index contributed by atoms with van der Waals surface area (Å²) in [6, 6.07) is 18.4. The number of nitrogens with one attached hydrogen (secondary N) is 1. The number of benzene rings is 2. The van der Waals surface area contributed by atoms with Crippen LogP contribution in [0.25, 0.3) is 11.5 Å². The zero-order chi connectivity index (χ0) is 15.6. The molecule has 0 radical (unpaired) electrons. The highest BCUT2D eigenvalue weighted by Gasteiger charge is 2.14. The molecule has 1 aromatic heterocycles. The van der Waals surface area contributed by atoms with Gasteiger partial charge in [-0.1, -0.05) is 56.2 Å². The van der Waals surface area contributed by atoms with Crippen LogP contribution in [0.4, 0.5) is 11.7 Å². The van der Waals surface area contributed by atoms with Gasteiger partial charge in [0.1, 0.15) is 0 Å². The van der Waals surface area contributed by atoms with E-state index in [-0.39, 0.29) is 5.41 Å². The van der Waals surface area contributed by atoms with Crippen molar-refractivity contribution in [2.45, 2.75) is 26.2 Å². The maximum atomic E-state index is 5.67. The van der Waals surface area contributed by atoms with Gasteiger partial charge in [-0.25, -0.2) is 0 Å². The van der Waals surface area contributed by atoms with Crippen molar-refractivity contribution in [2.24, 2.45) is 0 Å². The Hall–Kier alpha value is -2.62. The first-order valence-electron chi connectivity index (χ1n) is 7.29. The molecule has 4 nitrogen and oxygen atoms in total. The van der Waals surface area contributed by atoms with E-state index in [0.29, 0.717) is 11.9 Å². The maximum absolute atomic E-state index is 5.67. The van der Waals surface area contributed by atoms with Crippen molar-refractivity contribution in [1.82, 2.24) is 10.2 Å². The van der Waals surface area contributed by atoms with E-state index in [0.717, 1.165) is 11.3 Å². The molecule has 0 saturated heterocycles. The van der Waals surface area contributed by atoms with E-state index in [1.807, 2.05) is 42.5 Å². The van der Waals surface area contributed by atoms with Gasteiger partial charge < -0.3 is 9.73 Å². The van der Waals surface area contributed by atoms with Crippen LogP contribution in [-0.4, -0.2) is 10.2 Å². The SMILES string of the molecule is CC(C)(C)c1ccc(-c2nnc(Nc3ccccc3)o2)cc1. The van der Waals surface area contributed by atoms with Gasteiger partial charge in [0.2, 0.25) is 5.89 Å². The Kier molecular flexibility index (Phi) is 3.67. The molecule has 0 aliphatic carbocycles. The lowest BCUT2D eigenvalue weighted by Gasteiger charge is -2.18. The van der Waals surface area contributed by atoms with E-state index in [1.165, 1.54) is 5.56 Å². The van der Waals surface area contributed by atoms with Gasteiger partial charge in [0.05, 0.1) is 0 Å². The van der Waals surface area contributed by atoms with Gasteiger partial charge in [0.25, 0.3) is 0 Å². The van der Waals surface area contributed by atoms with Gasteiger partial charge in [-0.3, -0.25) is 0 Å². The van der Waals surface area contributed by atoms with E-state index in [9.17, 15) is 0 Å². The smallest absolute Gasteiger partial charge is 0.320 e. The molecule has 0 saturated carbocycles. The Balaban J connectivity index is 1.79. The molecule has 4 heteroatoms. The molecule has 0 atom stereocenters. The van der Waals surface area contributed by atoms with Crippen molar-refractivity contribution in [3.05, 3.63) is 60.2 Å². The second-order valence-electron chi connectivity index (χ2n) is 6.23. The van der Waals surface area contributed by atoms with Gasteiger partial charge in [0.15, 0.2) is 0 Å². The Morgan fingerprint density at radius 1 is 0.864 bits per heavy atom. The van der Waals surface area contributed by atoms with E-state index < -0.39 is 0 Å². The van der Waals surface area contributed by atoms with Gasteiger partial charge in [-0.2, -0.15) is 0 Å². The van der Waals surface area contributed by atoms with Crippen molar-refractivity contribution in [2.75, 3.05) is 5.32 Å². The number of hydrogen-bond acceptors (Lipinski definition) is 4. The predicted molar refractivity (Wildman–Crippen MR) is 88.2 cm³/mol. The second-order valence-corrected chi connectivity index (χ2v) is 6.23. The first-order chi connectivity index (χ1) is 10.5. The summed E-state index contributed by atoms with van der Waals surface area (Å²) in [4.78, 5) is 0. The number of aromatic nitrogens is 2.